The summed E-state index contributed by atoms with van der Waals surface area (Å²) >= 11 is 0. The second-order valence-electron chi connectivity index (χ2n) is 13.0. The lowest BCUT2D eigenvalue weighted by Crippen LogP contribution is -2.11. The van der Waals surface area contributed by atoms with Gasteiger partial charge in [-0.3, -0.25) is 4.98 Å². The number of benzene rings is 4. The Morgan fingerprint density at radius 3 is 2.45 bits per heavy atom. The Morgan fingerprint density at radius 1 is 0.816 bits per heavy atom. The van der Waals surface area contributed by atoms with Gasteiger partial charge >= 0.3 is 0 Å². The van der Waals surface area contributed by atoms with Crippen LogP contribution in [-0.4, -0.2) is 9.38 Å². The molecule has 0 N–H and O–H groups in total. The maximum Gasteiger partial charge on any atom is 0.0823 e. The van der Waals surface area contributed by atoms with Crippen LogP contribution in [0.5, 0.6) is 0 Å². The van der Waals surface area contributed by atoms with E-state index in [1.54, 1.807) is 5.56 Å². The summed E-state index contributed by atoms with van der Waals surface area (Å²) in [5.41, 5.74) is 9.65. The zero-order valence-electron chi connectivity index (χ0n) is 22.9. The van der Waals surface area contributed by atoms with Crippen LogP contribution < -0.4 is 0 Å². The van der Waals surface area contributed by atoms with Crippen LogP contribution in [0.4, 0.5) is 0 Å². The van der Waals surface area contributed by atoms with Crippen molar-refractivity contribution < 1.29 is 0 Å². The molecule has 0 atom stereocenters. The molecule has 2 nitrogen and oxygen atoms in total. The molecule has 3 aromatic heterocycles. The molecule has 0 unspecified atom stereocenters. The van der Waals surface area contributed by atoms with Gasteiger partial charge in [0.15, 0.2) is 0 Å². The van der Waals surface area contributed by atoms with Crippen LogP contribution in [-0.2, 0) is 6.42 Å². The summed E-state index contributed by atoms with van der Waals surface area (Å²) < 4.78 is 2.63. The summed E-state index contributed by atoms with van der Waals surface area (Å²) in [5.74, 6) is 0.644. The zero-order valence-corrected chi connectivity index (χ0v) is 22.9. The Morgan fingerprint density at radius 2 is 1.63 bits per heavy atom. The molecule has 0 radical (unpaired) electrons. The molecule has 3 heterocycles. The van der Waals surface area contributed by atoms with Crippen LogP contribution in [0.3, 0.4) is 0 Å². The predicted molar refractivity (Wildman–Crippen MR) is 163 cm³/mol. The molecule has 0 saturated heterocycles. The molecule has 7 aromatic rings. The van der Waals surface area contributed by atoms with Crippen LogP contribution in [0.25, 0.3) is 59.8 Å². The molecule has 0 amide bonds. The van der Waals surface area contributed by atoms with Gasteiger partial charge in [0.05, 0.1) is 22.1 Å². The monoisotopic (exact) mass is 494 g/mol. The van der Waals surface area contributed by atoms with E-state index in [2.05, 4.69) is 92.8 Å². The van der Waals surface area contributed by atoms with Gasteiger partial charge in [-0.15, -0.1) is 0 Å². The van der Waals surface area contributed by atoms with Crippen molar-refractivity contribution in [3.63, 3.8) is 0 Å². The van der Waals surface area contributed by atoms with Crippen LogP contribution in [0.1, 0.15) is 69.1 Å². The zero-order chi connectivity index (χ0) is 25.8. The maximum absolute atomic E-state index is 5.11. The van der Waals surface area contributed by atoms with E-state index >= 15 is 0 Å². The molecule has 1 fully saturated rings. The Kier molecular flexibility index (Phi) is 4.52. The Balaban J connectivity index is 1.71. The smallest absolute Gasteiger partial charge is 0.0823 e. The fourth-order valence-corrected chi connectivity index (χ4v) is 7.59. The molecule has 1 saturated carbocycles. The third kappa shape index (κ3) is 3.04. The van der Waals surface area contributed by atoms with E-state index in [4.69, 9.17) is 4.98 Å². The molecule has 0 spiro atoms. The van der Waals surface area contributed by atoms with Gasteiger partial charge in [0, 0.05) is 27.7 Å². The summed E-state index contributed by atoms with van der Waals surface area (Å²) in [6.45, 7) is 9.29. The molecule has 0 aliphatic heterocycles. The summed E-state index contributed by atoms with van der Waals surface area (Å²) in [6, 6.07) is 23.3. The number of pyridine rings is 2. The molecule has 188 valence electrons. The van der Waals surface area contributed by atoms with Gasteiger partial charge in [-0.2, -0.15) is 0 Å². The minimum atomic E-state index is 0.153. The Hall–Kier alpha value is -3.65. The third-order valence-electron chi connectivity index (χ3n) is 9.05. The molecule has 4 aromatic carbocycles. The van der Waals surface area contributed by atoms with Crippen LogP contribution in [0.2, 0.25) is 0 Å². The van der Waals surface area contributed by atoms with Gasteiger partial charge in [-0.25, -0.2) is 0 Å². The summed E-state index contributed by atoms with van der Waals surface area (Å²) in [4.78, 5) is 5.11. The van der Waals surface area contributed by atoms with Gasteiger partial charge in [-0.05, 0) is 89.1 Å². The quantitative estimate of drug-likeness (QED) is 0.173. The SMILES string of the molecule is Cc1ccc2c(CC(C)(C)C)c3c(cc2c1)c1nccc2cc(C4CCCC4)c4c5ccccc5n3c4c21. The van der Waals surface area contributed by atoms with E-state index in [-0.39, 0.29) is 5.41 Å². The van der Waals surface area contributed by atoms with Gasteiger partial charge in [0.25, 0.3) is 0 Å². The van der Waals surface area contributed by atoms with Crippen molar-refractivity contribution in [3.05, 3.63) is 83.6 Å². The summed E-state index contributed by atoms with van der Waals surface area (Å²) in [5, 5.41) is 9.47. The van der Waals surface area contributed by atoms with Crippen molar-refractivity contribution in [2.45, 2.75) is 65.7 Å². The molecule has 8 rings (SSSR count). The van der Waals surface area contributed by atoms with E-state index in [9.17, 15) is 0 Å². The first-order valence-electron chi connectivity index (χ1n) is 14.3. The number of nitrogens with zero attached hydrogens (tertiary/aromatic N) is 2. The van der Waals surface area contributed by atoms with E-state index in [0.29, 0.717) is 5.92 Å². The minimum Gasteiger partial charge on any atom is -0.308 e. The fourth-order valence-electron chi connectivity index (χ4n) is 7.59. The fraction of sp³-hybridized carbons (Fsp3) is 0.306. The number of rotatable bonds is 2. The number of aromatic nitrogens is 2. The normalized spacial score (nSPS) is 15.5. The topological polar surface area (TPSA) is 17.3 Å². The van der Waals surface area contributed by atoms with Gasteiger partial charge < -0.3 is 4.40 Å². The second-order valence-corrected chi connectivity index (χ2v) is 13.0. The molecular weight excluding hydrogens is 460 g/mol. The number of para-hydroxylation sites is 1. The van der Waals surface area contributed by atoms with Crippen LogP contribution >= 0.6 is 0 Å². The molecule has 1 aliphatic carbocycles. The van der Waals surface area contributed by atoms with Crippen molar-refractivity contribution in [1.82, 2.24) is 9.38 Å². The highest BCUT2D eigenvalue weighted by Crippen LogP contribution is 2.48. The van der Waals surface area contributed by atoms with Crippen molar-refractivity contribution in [2.24, 2.45) is 5.41 Å². The lowest BCUT2D eigenvalue weighted by atomic mass is 9.84. The minimum absolute atomic E-state index is 0.153. The molecule has 38 heavy (non-hydrogen) atoms. The van der Waals surface area contributed by atoms with Gasteiger partial charge in [0.1, 0.15) is 0 Å². The lowest BCUT2D eigenvalue weighted by molar-refractivity contribution is 0.413. The number of hydrogen-bond acceptors (Lipinski definition) is 1. The Bertz CT molecular complexity index is 2040. The van der Waals surface area contributed by atoms with E-state index in [1.165, 1.54) is 91.1 Å². The lowest BCUT2D eigenvalue weighted by Gasteiger charge is -2.24. The molecule has 0 bridgehead atoms. The highest BCUT2D eigenvalue weighted by atomic mass is 14.9. The van der Waals surface area contributed by atoms with Gasteiger partial charge in [-0.1, -0.05) is 75.6 Å². The van der Waals surface area contributed by atoms with Crippen LogP contribution in [0, 0.1) is 12.3 Å². The first-order valence-corrected chi connectivity index (χ1v) is 14.3. The van der Waals surface area contributed by atoms with E-state index < -0.39 is 0 Å². The first kappa shape index (κ1) is 22.3. The highest BCUT2D eigenvalue weighted by Gasteiger charge is 2.28. The number of fused-ring (bicyclic) bond motifs is 7. The van der Waals surface area contributed by atoms with E-state index in [0.717, 1.165) is 11.9 Å². The number of aryl methyl sites for hydroxylation is 1. The molecule has 2 heteroatoms. The third-order valence-corrected chi connectivity index (χ3v) is 9.05. The first-order chi connectivity index (χ1) is 18.4. The second kappa shape index (κ2) is 7.69. The van der Waals surface area contributed by atoms with Gasteiger partial charge in [0.2, 0.25) is 0 Å². The van der Waals surface area contributed by atoms with Crippen molar-refractivity contribution in [3.8, 4) is 0 Å². The molecular formula is C36H34N2. The summed E-state index contributed by atoms with van der Waals surface area (Å²) in [7, 11) is 0. The van der Waals surface area contributed by atoms with Crippen molar-refractivity contribution in [1.29, 1.82) is 0 Å². The van der Waals surface area contributed by atoms with Crippen molar-refractivity contribution in [2.75, 3.05) is 0 Å². The summed E-state index contributed by atoms with van der Waals surface area (Å²) in [6.07, 6.45) is 8.33. The Labute approximate surface area is 223 Å². The van der Waals surface area contributed by atoms with E-state index in [1.807, 2.05) is 6.20 Å². The largest absolute Gasteiger partial charge is 0.308 e. The number of hydrogen-bond donors (Lipinski definition) is 0. The van der Waals surface area contributed by atoms with Crippen molar-refractivity contribution >= 4 is 59.8 Å². The predicted octanol–water partition coefficient (Wildman–Crippen LogP) is 10.1. The standard InChI is InChI=1S/C36H34N2/c1-21-13-14-25-24(17-21)19-28-33-31-23(15-16-37-33)18-27(22-9-5-6-10-22)32-26-11-7-8-12-30(26)38(35(31)32)34(28)29(25)20-36(2,3)4/h7-8,11-19,22H,5-6,9-10,20H2,1-4H3. The average molecular weight is 495 g/mol. The highest BCUT2D eigenvalue weighted by molar-refractivity contribution is 6.29. The molecule has 1 aliphatic rings. The van der Waals surface area contributed by atoms with Crippen LogP contribution in [0.15, 0.2) is 66.9 Å². The maximum atomic E-state index is 5.11. The average Bonchev–Trinajstić information content (AvgIpc) is 3.54.